The maximum Gasteiger partial charge on any atom is 0.311 e. The molecule has 3 fully saturated rings. The number of likely N-dealkylation sites (N-methyl/N-ethyl adjacent to an activating group) is 1. The summed E-state index contributed by atoms with van der Waals surface area (Å²) in [5.74, 6) is 1.02. The molecule has 0 unspecified atom stereocenters. The Labute approximate surface area is 337 Å². The maximum absolute atomic E-state index is 14.2. The van der Waals surface area contributed by atoms with Gasteiger partial charge in [-0.1, -0.05) is 32.9 Å². The Hall–Kier alpha value is -2.07. The van der Waals surface area contributed by atoms with Gasteiger partial charge >= 0.3 is 5.97 Å². The van der Waals surface area contributed by atoms with Crippen molar-refractivity contribution in [3.8, 4) is 0 Å². The monoisotopic (exact) mass is 824 g/mol. The van der Waals surface area contributed by atoms with Gasteiger partial charge in [-0.15, -0.1) is 0 Å². The number of esters is 1. The molecule has 0 spiro atoms. The van der Waals surface area contributed by atoms with Crippen LogP contribution in [0.4, 0.5) is 0 Å². The van der Waals surface area contributed by atoms with Crippen molar-refractivity contribution in [2.45, 2.75) is 186 Å². The smallest absolute Gasteiger partial charge is 0.311 e. The number of aliphatic hydroxyl groups is 5. The highest BCUT2D eigenvalue weighted by molar-refractivity contribution is 5.88. The normalized spacial score (nSPS) is 46.3. The lowest BCUT2D eigenvalue weighted by Crippen LogP contribution is -2.66. The van der Waals surface area contributed by atoms with Gasteiger partial charge in [-0.3, -0.25) is 4.79 Å². The van der Waals surface area contributed by atoms with Crippen molar-refractivity contribution in [2.24, 2.45) is 34.7 Å². The first-order valence-corrected chi connectivity index (χ1v) is 19.9. The van der Waals surface area contributed by atoms with Crippen LogP contribution < -0.4 is 10.9 Å². The molecule has 3 saturated heterocycles. The molecule has 18 atom stereocenters. The molecule has 3 aliphatic rings. The van der Waals surface area contributed by atoms with Crippen LogP contribution in [0.25, 0.3) is 0 Å². The van der Waals surface area contributed by atoms with Gasteiger partial charge in [0.15, 0.2) is 18.7 Å². The summed E-state index contributed by atoms with van der Waals surface area (Å²) in [6.45, 7) is 17.5. The van der Waals surface area contributed by atoms with Crippen LogP contribution in [0.2, 0.25) is 0 Å². The van der Waals surface area contributed by atoms with Crippen molar-refractivity contribution < 1.29 is 78.4 Å². The number of cyclic esters (lactones) is 1. The Morgan fingerprint density at radius 1 is 0.982 bits per heavy atom. The quantitative estimate of drug-likeness (QED) is 0.0594. The van der Waals surface area contributed by atoms with E-state index < -0.39 is 114 Å². The third kappa shape index (κ3) is 12.3. The van der Waals surface area contributed by atoms with Gasteiger partial charge in [0.25, 0.3) is 0 Å². The van der Waals surface area contributed by atoms with E-state index in [2.05, 4.69) is 5.16 Å². The van der Waals surface area contributed by atoms with Crippen LogP contribution in [0.1, 0.15) is 102 Å². The molecular formula is C39H73N3O15. The van der Waals surface area contributed by atoms with Gasteiger partial charge in [-0.25, -0.2) is 4.59 Å². The molecule has 3 rings (SSSR count). The first-order valence-electron chi connectivity index (χ1n) is 19.9. The molecule has 0 radical (unpaired) electrons. The minimum Gasteiger partial charge on any atom is -0.550 e. The number of carboxylic acid groups (broad SMARTS) is 1. The van der Waals surface area contributed by atoms with E-state index >= 15 is 0 Å². The molecule has 334 valence electrons. The summed E-state index contributed by atoms with van der Waals surface area (Å²) < 4.78 is 37.2. The number of methoxy groups -OCH3 is 1. The van der Waals surface area contributed by atoms with E-state index in [-0.39, 0.29) is 35.7 Å². The van der Waals surface area contributed by atoms with Crippen LogP contribution in [0.5, 0.6) is 0 Å². The predicted molar refractivity (Wildman–Crippen MR) is 204 cm³/mol. The Bertz CT molecular complexity index is 1340. The summed E-state index contributed by atoms with van der Waals surface area (Å²) in [7, 11) is 4.99. The lowest BCUT2D eigenvalue weighted by atomic mass is 9.73. The second-order valence-electron chi connectivity index (χ2n) is 17.8. The van der Waals surface area contributed by atoms with Crippen molar-refractivity contribution in [3.05, 3.63) is 0 Å². The average molecular weight is 824 g/mol. The fraction of sp³-hybridized carbons (Fsp3) is 0.923. The third-order valence-electron chi connectivity index (χ3n) is 12.2. The number of oxime groups is 1. The van der Waals surface area contributed by atoms with E-state index in [1.807, 2.05) is 6.92 Å². The summed E-state index contributed by atoms with van der Waals surface area (Å²) >= 11 is 0. The number of aliphatic carboxylic acids is 1. The molecule has 57 heavy (non-hydrogen) atoms. The Morgan fingerprint density at radius 3 is 2.04 bits per heavy atom. The van der Waals surface area contributed by atoms with Crippen LogP contribution >= 0.6 is 0 Å². The molecule has 0 amide bonds. The van der Waals surface area contributed by atoms with Gasteiger partial charge in [-0.2, -0.15) is 5.84 Å². The molecule has 0 aromatic heterocycles. The van der Waals surface area contributed by atoms with Crippen molar-refractivity contribution in [1.29, 1.82) is 0 Å². The number of nitrogens with two attached hydrogens (primary N) is 1. The average Bonchev–Trinajstić information content (AvgIpc) is 3.09. The molecule has 3 aliphatic heterocycles. The van der Waals surface area contributed by atoms with Crippen molar-refractivity contribution in [3.63, 3.8) is 0 Å². The summed E-state index contributed by atoms with van der Waals surface area (Å²) in [5.41, 5.74) is -4.75. The molecule has 3 heterocycles. The zero-order valence-electron chi connectivity index (χ0n) is 36.3. The summed E-state index contributed by atoms with van der Waals surface area (Å²) in [5, 5.41) is 80.9. The van der Waals surface area contributed by atoms with Crippen LogP contribution in [0.3, 0.4) is 0 Å². The van der Waals surface area contributed by atoms with E-state index in [1.54, 1.807) is 62.6 Å². The molecule has 0 aromatic rings. The maximum atomic E-state index is 14.2. The summed E-state index contributed by atoms with van der Waals surface area (Å²) in [6, 6.07) is -0.494. The number of rotatable bonds is 7. The van der Waals surface area contributed by atoms with Gasteiger partial charge in [0, 0.05) is 43.7 Å². The largest absolute Gasteiger partial charge is 0.550 e. The fourth-order valence-electron chi connectivity index (χ4n) is 8.76. The fourth-order valence-corrected chi connectivity index (χ4v) is 8.76. The number of hydrogen-bond donors (Lipinski definition) is 7. The van der Waals surface area contributed by atoms with Crippen LogP contribution in [-0.2, 0) is 38.0 Å². The second-order valence-corrected chi connectivity index (χ2v) is 17.8. The van der Waals surface area contributed by atoms with E-state index in [9.17, 15) is 35.5 Å². The number of nitrogens with zero attached hydrogens (tertiary/aromatic N) is 2. The Balaban J connectivity index is 0.00000267. The molecule has 0 saturated carbocycles. The minimum absolute atomic E-state index is 0.0722. The number of carboxylic acids is 1. The molecule has 0 aromatic carbocycles. The van der Waals surface area contributed by atoms with E-state index in [0.717, 1.165) is 6.92 Å². The first kappa shape index (κ1) is 51.1. The van der Waals surface area contributed by atoms with Crippen molar-refractivity contribution in [1.82, 2.24) is 0 Å². The van der Waals surface area contributed by atoms with Crippen molar-refractivity contribution in [2.75, 3.05) is 21.2 Å². The van der Waals surface area contributed by atoms with Gasteiger partial charge in [0.2, 0.25) is 0 Å². The second kappa shape index (κ2) is 20.0. The molecule has 0 aliphatic carbocycles. The number of aliphatic hydroxyl groups excluding tert-OH is 3. The Kier molecular flexibility index (Phi) is 17.9. The number of carbonyl (C=O) groups is 2. The summed E-state index contributed by atoms with van der Waals surface area (Å²) in [4.78, 5) is 23.0. The Morgan fingerprint density at radius 2 is 1.54 bits per heavy atom. The SMILES string of the molecule is CC(=O)[O-].CC[C@H]1OC(=O)[C@H](C)[C@@H](O[C@@H]2C[C@](C)(OC)[C@H](O)[C@@H](C)O2)[C@H](C)[C@@H](O[C@H]2O[C@@H](C)C[C@@H]([N+](C)(C)N)[C@@H]2O)[C@](C)(O)C[C@@H](C)/C(=N\O)[C@H](C)[C@@H](O)[C@]1(C)O. The highest BCUT2D eigenvalue weighted by atomic mass is 16.7. The number of quaternary nitrogens is 1. The highest BCUT2D eigenvalue weighted by Crippen LogP contribution is 2.41. The van der Waals surface area contributed by atoms with Crippen LogP contribution in [0, 0.1) is 23.7 Å². The van der Waals surface area contributed by atoms with Crippen LogP contribution in [0.15, 0.2) is 5.16 Å². The van der Waals surface area contributed by atoms with Gasteiger partial charge in [0.1, 0.15) is 23.9 Å². The third-order valence-corrected chi connectivity index (χ3v) is 12.2. The number of carbonyl (C=O) groups excluding carboxylic acids is 2. The molecule has 18 nitrogen and oxygen atoms in total. The molecule has 8 N–H and O–H groups in total. The molecule has 0 bridgehead atoms. The lowest BCUT2D eigenvalue weighted by molar-refractivity contribution is -0.933. The zero-order chi connectivity index (χ0) is 44.2. The van der Waals surface area contributed by atoms with E-state index in [1.165, 1.54) is 21.0 Å². The van der Waals surface area contributed by atoms with E-state index in [0.29, 0.717) is 6.42 Å². The van der Waals surface area contributed by atoms with Gasteiger partial charge in [0.05, 0.1) is 67.4 Å². The molecular weight excluding hydrogens is 750 g/mol. The zero-order valence-corrected chi connectivity index (χ0v) is 36.3. The topological polar surface area (TPSA) is 272 Å². The van der Waals surface area contributed by atoms with E-state index in [4.69, 9.17) is 44.2 Å². The first-order chi connectivity index (χ1) is 26.0. The van der Waals surface area contributed by atoms with Crippen LogP contribution in [-0.4, -0.2) is 158 Å². The summed E-state index contributed by atoms with van der Waals surface area (Å²) in [6.07, 6.45) is -10.1. The van der Waals surface area contributed by atoms with Gasteiger partial charge < -0.3 is 69.1 Å². The number of ether oxygens (including phenoxy) is 6. The number of hydrogen-bond acceptors (Lipinski definition) is 17. The van der Waals surface area contributed by atoms with Gasteiger partial charge in [-0.05, 0) is 61.3 Å². The minimum atomic E-state index is -1.98. The lowest BCUT2D eigenvalue weighted by Gasteiger charge is -2.49. The molecule has 18 heteroatoms. The predicted octanol–water partition coefficient (Wildman–Crippen LogP) is 0.191. The standard InChI is InChI=1S/C37H69N3O13.C2H4O2/c1-14-25-37(10,46)30(42)20(4)27(39-47)18(2)16-35(8,45)32(53-34-28(41)24(40(11,12)38)15-19(3)49-34)21(5)29(22(6)33(44)51-25)52-26-17-36(9,48-13)31(43)23(7)50-26;1-2(3)4/h18-26,28-32,34,41-43,45-46H,14-17,38H2,1-13H3;1H3,(H,3,4)/b39-27+;/t18-,19+,20+,21+,22-,23-,24-,25-,26-,28+,29+,30-,31-,32-,34-,35-,36+,37-;/m1./s1. The highest BCUT2D eigenvalue weighted by Gasteiger charge is 2.54. The van der Waals surface area contributed by atoms with Crippen molar-refractivity contribution >= 4 is 17.7 Å².